The largest absolute Gasteiger partial charge is 0.467 e. The van der Waals surface area contributed by atoms with E-state index in [0.717, 1.165) is 5.56 Å². The molecule has 0 atom stereocenters. The molecule has 160 valence electrons. The first-order chi connectivity index (χ1) is 14.5. The fourth-order valence-corrected chi connectivity index (χ4v) is 3.35. The number of urea groups is 1. The minimum atomic E-state index is -0.372. The first-order valence-corrected chi connectivity index (χ1v) is 9.88. The summed E-state index contributed by atoms with van der Waals surface area (Å²) in [5.41, 5.74) is 2.84. The van der Waals surface area contributed by atoms with Crippen LogP contribution in [0.15, 0.2) is 36.4 Å². The maximum absolute atomic E-state index is 13.8. The highest BCUT2D eigenvalue weighted by molar-refractivity contribution is 5.90. The molecule has 30 heavy (non-hydrogen) atoms. The minimum absolute atomic E-state index is 0.0252. The average molecular weight is 415 g/mol. The van der Waals surface area contributed by atoms with Crippen molar-refractivity contribution < 1.29 is 23.5 Å². The molecular formula is C22H26FN3O4. The van der Waals surface area contributed by atoms with Gasteiger partial charge in [0.2, 0.25) is 5.91 Å². The zero-order chi connectivity index (χ0) is 21.5. The van der Waals surface area contributed by atoms with Crippen LogP contribution in [0.25, 0.3) is 0 Å². The predicted octanol–water partition coefficient (Wildman–Crippen LogP) is 3.42. The van der Waals surface area contributed by atoms with Crippen LogP contribution in [0, 0.1) is 5.82 Å². The quantitative estimate of drug-likeness (QED) is 0.726. The van der Waals surface area contributed by atoms with Gasteiger partial charge >= 0.3 is 6.03 Å². The van der Waals surface area contributed by atoms with Crippen molar-refractivity contribution in [1.29, 1.82) is 0 Å². The van der Waals surface area contributed by atoms with Crippen molar-refractivity contribution >= 4 is 17.6 Å². The predicted molar refractivity (Wildman–Crippen MR) is 111 cm³/mol. The number of ether oxygens (including phenoxy) is 2. The second-order valence-electron chi connectivity index (χ2n) is 6.99. The molecule has 0 aliphatic carbocycles. The Morgan fingerprint density at radius 1 is 1.20 bits per heavy atom. The molecule has 7 nitrogen and oxygen atoms in total. The van der Waals surface area contributed by atoms with Gasteiger partial charge in [0.15, 0.2) is 6.79 Å². The molecule has 0 bridgehead atoms. The second kappa shape index (κ2) is 10.1. The second-order valence-corrected chi connectivity index (χ2v) is 6.99. The van der Waals surface area contributed by atoms with Gasteiger partial charge in [0, 0.05) is 37.8 Å². The Hall–Kier alpha value is -3.13. The zero-order valence-corrected chi connectivity index (χ0v) is 17.2. The van der Waals surface area contributed by atoms with Crippen molar-refractivity contribution in [2.24, 2.45) is 0 Å². The summed E-state index contributed by atoms with van der Waals surface area (Å²) in [5, 5.41) is 5.61. The number of nitrogens with one attached hydrogen (secondary N) is 2. The van der Waals surface area contributed by atoms with Gasteiger partial charge in [-0.1, -0.05) is 18.2 Å². The van der Waals surface area contributed by atoms with Gasteiger partial charge in [-0.25, -0.2) is 9.18 Å². The highest BCUT2D eigenvalue weighted by Crippen LogP contribution is 2.29. The number of fused-ring (bicyclic) bond motifs is 1. The van der Waals surface area contributed by atoms with Crippen LogP contribution in [-0.2, 0) is 29.1 Å². The molecule has 2 aromatic carbocycles. The van der Waals surface area contributed by atoms with Gasteiger partial charge in [0.1, 0.15) is 11.6 Å². The van der Waals surface area contributed by atoms with Crippen LogP contribution in [0.2, 0.25) is 0 Å². The van der Waals surface area contributed by atoms with E-state index >= 15 is 0 Å². The molecule has 2 N–H and O–H groups in total. The number of hydrogen-bond donors (Lipinski definition) is 2. The monoisotopic (exact) mass is 415 g/mol. The van der Waals surface area contributed by atoms with Gasteiger partial charge in [-0.15, -0.1) is 0 Å². The number of halogens is 1. The van der Waals surface area contributed by atoms with E-state index in [-0.39, 0.29) is 24.5 Å². The Bertz CT molecular complexity index is 919. The first-order valence-electron chi connectivity index (χ1n) is 9.88. The molecule has 1 heterocycles. The van der Waals surface area contributed by atoms with Gasteiger partial charge in [-0.2, -0.15) is 0 Å². The molecule has 0 aromatic heterocycles. The molecule has 1 aliphatic rings. The summed E-state index contributed by atoms with van der Waals surface area (Å²) in [6.07, 6.45) is 0.420. The van der Waals surface area contributed by atoms with Crippen LogP contribution in [0.3, 0.4) is 0 Å². The number of carbonyl (C=O) groups is 2. The Morgan fingerprint density at radius 2 is 2.00 bits per heavy atom. The van der Waals surface area contributed by atoms with E-state index in [1.807, 2.05) is 25.1 Å². The number of amides is 3. The first kappa shape index (κ1) is 21.6. The van der Waals surface area contributed by atoms with E-state index < -0.39 is 0 Å². The molecule has 0 fully saturated rings. The lowest BCUT2D eigenvalue weighted by atomic mass is 10.1. The standard InChI is InChI=1S/C22H26FN3O4/c1-3-26(15(2)27)12-17-6-4-5-7-20(17)25-22(28)24-9-8-16-10-19(23)11-18-13-29-14-30-21(16)18/h4-7,10-11H,3,8-9,12-14H2,1-2H3,(H2,24,25,28). The number of nitrogens with zero attached hydrogens (tertiary/aromatic N) is 1. The van der Waals surface area contributed by atoms with E-state index in [2.05, 4.69) is 10.6 Å². The Labute approximate surface area is 175 Å². The van der Waals surface area contributed by atoms with Crippen LogP contribution < -0.4 is 15.4 Å². The van der Waals surface area contributed by atoms with E-state index in [0.29, 0.717) is 55.2 Å². The van der Waals surface area contributed by atoms with Crippen LogP contribution in [0.1, 0.15) is 30.5 Å². The molecule has 8 heteroatoms. The summed E-state index contributed by atoms with van der Waals surface area (Å²) in [6.45, 7) is 5.17. The maximum atomic E-state index is 13.8. The lowest BCUT2D eigenvalue weighted by Crippen LogP contribution is -2.32. The molecule has 0 spiro atoms. The molecule has 3 amide bonds. The Morgan fingerprint density at radius 3 is 2.77 bits per heavy atom. The SMILES string of the molecule is CCN(Cc1ccccc1NC(=O)NCCc1cc(F)cc2c1OCOC2)C(C)=O. The Balaban J connectivity index is 1.59. The summed E-state index contributed by atoms with van der Waals surface area (Å²) in [7, 11) is 0. The summed E-state index contributed by atoms with van der Waals surface area (Å²) >= 11 is 0. The highest BCUT2D eigenvalue weighted by Gasteiger charge is 2.17. The van der Waals surface area contributed by atoms with E-state index in [4.69, 9.17) is 9.47 Å². The molecule has 0 radical (unpaired) electrons. The van der Waals surface area contributed by atoms with Gasteiger partial charge in [0.05, 0.1) is 6.61 Å². The number of rotatable bonds is 7. The van der Waals surface area contributed by atoms with Crippen LogP contribution in [0.4, 0.5) is 14.9 Å². The molecule has 0 unspecified atom stereocenters. The van der Waals surface area contributed by atoms with Gasteiger partial charge in [-0.05, 0) is 42.7 Å². The molecule has 0 saturated heterocycles. The van der Waals surface area contributed by atoms with Crippen LogP contribution in [-0.4, -0.2) is 36.7 Å². The van der Waals surface area contributed by atoms with Crippen molar-refractivity contribution in [3.05, 3.63) is 58.9 Å². The van der Waals surface area contributed by atoms with E-state index in [1.54, 1.807) is 11.0 Å². The highest BCUT2D eigenvalue weighted by atomic mass is 19.1. The molecule has 3 rings (SSSR count). The fourth-order valence-electron chi connectivity index (χ4n) is 3.35. The third kappa shape index (κ3) is 5.48. The summed E-state index contributed by atoms with van der Waals surface area (Å²) in [4.78, 5) is 25.8. The van der Waals surface area contributed by atoms with Gasteiger partial charge < -0.3 is 25.0 Å². The van der Waals surface area contributed by atoms with Crippen molar-refractivity contribution in [1.82, 2.24) is 10.2 Å². The number of benzene rings is 2. The summed E-state index contributed by atoms with van der Waals surface area (Å²) in [5.74, 6) is 0.240. The molecule has 1 aliphatic heterocycles. The maximum Gasteiger partial charge on any atom is 0.319 e. The smallest absolute Gasteiger partial charge is 0.319 e. The number of hydrogen-bond acceptors (Lipinski definition) is 4. The van der Waals surface area contributed by atoms with Crippen LogP contribution in [0.5, 0.6) is 5.75 Å². The van der Waals surface area contributed by atoms with Gasteiger partial charge in [-0.3, -0.25) is 4.79 Å². The zero-order valence-electron chi connectivity index (χ0n) is 17.2. The topological polar surface area (TPSA) is 79.9 Å². The third-order valence-corrected chi connectivity index (χ3v) is 4.89. The van der Waals surface area contributed by atoms with E-state index in [9.17, 15) is 14.0 Å². The van der Waals surface area contributed by atoms with Gasteiger partial charge in [0.25, 0.3) is 0 Å². The molecular weight excluding hydrogens is 389 g/mol. The third-order valence-electron chi connectivity index (χ3n) is 4.89. The van der Waals surface area contributed by atoms with Crippen LogP contribution >= 0.6 is 0 Å². The van der Waals surface area contributed by atoms with Crippen molar-refractivity contribution in [3.8, 4) is 5.75 Å². The van der Waals surface area contributed by atoms with Crippen molar-refractivity contribution in [3.63, 3.8) is 0 Å². The lowest BCUT2D eigenvalue weighted by molar-refractivity contribution is -0.129. The Kier molecular flexibility index (Phi) is 7.24. The normalized spacial score (nSPS) is 12.5. The minimum Gasteiger partial charge on any atom is -0.467 e. The summed E-state index contributed by atoms with van der Waals surface area (Å²) < 4.78 is 24.5. The number of anilines is 1. The number of para-hydroxylation sites is 1. The number of carbonyl (C=O) groups excluding carboxylic acids is 2. The summed E-state index contributed by atoms with van der Waals surface area (Å²) in [6, 6.07) is 9.79. The average Bonchev–Trinajstić information content (AvgIpc) is 2.72. The van der Waals surface area contributed by atoms with E-state index in [1.165, 1.54) is 19.1 Å². The lowest BCUT2D eigenvalue weighted by Gasteiger charge is -2.21. The molecule has 0 saturated carbocycles. The van der Waals surface area contributed by atoms with Crippen molar-refractivity contribution in [2.45, 2.75) is 33.4 Å². The molecule has 2 aromatic rings. The van der Waals surface area contributed by atoms with Crippen molar-refractivity contribution in [2.75, 3.05) is 25.2 Å². The fraction of sp³-hybridized carbons (Fsp3) is 0.364.